The minimum Gasteiger partial charge on any atom is -0.459 e. The van der Waals surface area contributed by atoms with Crippen molar-refractivity contribution in [2.75, 3.05) is 5.32 Å². The van der Waals surface area contributed by atoms with Crippen molar-refractivity contribution in [2.45, 2.75) is 51.2 Å². The van der Waals surface area contributed by atoms with Crippen LogP contribution in [0.1, 0.15) is 50.6 Å². The summed E-state index contributed by atoms with van der Waals surface area (Å²) < 4.78 is 21.8. The monoisotopic (exact) mass is 391 g/mol. The van der Waals surface area contributed by atoms with Gasteiger partial charge in [-0.3, -0.25) is 0 Å². The molecular weight excluding hydrogens is 373 g/mol. The molecule has 7 nitrogen and oxygen atoms in total. The summed E-state index contributed by atoms with van der Waals surface area (Å²) in [6.07, 6.45) is 4.78. The number of esters is 1. The van der Waals surface area contributed by atoms with Crippen LogP contribution in [-0.4, -0.2) is 32.3 Å². The molecule has 1 fully saturated rings. The van der Waals surface area contributed by atoms with Gasteiger partial charge in [0.1, 0.15) is 18.0 Å². The van der Waals surface area contributed by atoms with Gasteiger partial charge < -0.3 is 10.1 Å². The maximum absolute atomic E-state index is 14.7. The number of anilines is 1. The van der Waals surface area contributed by atoms with Gasteiger partial charge in [-0.1, -0.05) is 29.2 Å². The van der Waals surface area contributed by atoms with E-state index in [1.54, 1.807) is 13.0 Å². The van der Waals surface area contributed by atoms with Crippen LogP contribution in [-0.2, 0) is 9.53 Å². The van der Waals surface area contributed by atoms with Crippen LogP contribution in [0.3, 0.4) is 0 Å². The summed E-state index contributed by atoms with van der Waals surface area (Å²) in [5.74, 6) is -0.727. The van der Waals surface area contributed by atoms with Crippen molar-refractivity contribution in [1.82, 2.24) is 20.2 Å². The van der Waals surface area contributed by atoms with E-state index in [1.807, 2.05) is 0 Å². The molecule has 1 aliphatic heterocycles. The summed E-state index contributed by atoms with van der Waals surface area (Å²) in [7, 11) is 0. The van der Waals surface area contributed by atoms with Gasteiger partial charge in [0.05, 0.1) is 5.57 Å². The highest BCUT2D eigenvalue weighted by Gasteiger charge is 2.38. The molecule has 1 aliphatic carbocycles. The number of nitrogens with one attached hydrogen (secondary N) is 1. The van der Waals surface area contributed by atoms with Gasteiger partial charge in [-0.25, -0.2) is 9.18 Å². The minimum atomic E-state index is -0.902. The molecule has 1 aromatic carbocycles. The van der Waals surface area contributed by atoms with Crippen LogP contribution in [0.2, 0.25) is 5.02 Å². The first-order valence-corrected chi connectivity index (χ1v) is 9.34. The molecule has 0 radical (unpaired) electrons. The molecule has 2 heterocycles. The van der Waals surface area contributed by atoms with Gasteiger partial charge in [-0.15, -0.1) is 0 Å². The summed E-state index contributed by atoms with van der Waals surface area (Å²) in [6.45, 7) is 1.72. The number of halogens is 2. The molecule has 2 aromatic rings. The van der Waals surface area contributed by atoms with Crippen molar-refractivity contribution in [1.29, 1.82) is 0 Å². The second-order valence-corrected chi connectivity index (χ2v) is 7.22. The summed E-state index contributed by atoms with van der Waals surface area (Å²) in [5.41, 5.74) is 0.916. The Hall–Kier alpha value is -2.48. The van der Waals surface area contributed by atoms with E-state index in [0.29, 0.717) is 11.6 Å². The SMILES string of the molecule is CC1=C(C(=O)OC2CCCCC2)C(c2c(F)cccc2Cl)n2nnnc2N1. The fourth-order valence-corrected chi connectivity index (χ4v) is 3.98. The quantitative estimate of drug-likeness (QED) is 0.804. The van der Waals surface area contributed by atoms with E-state index in [1.165, 1.54) is 16.8 Å². The zero-order chi connectivity index (χ0) is 19.0. The van der Waals surface area contributed by atoms with Crippen molar-refractivity contribution < 1.29 is 13.9 Å². The zero-order valence-corrected chi connectivity index (χ0v) is 15.5. The second-order valence-electron chi connectivity index (χ2n) is 6.81. The average Bonchev–Trinajstić information content (AvgIpc) is 3.10. The topological polar surface area (TPSA) is 81.9 Å². The Labute approximate surface area is 160 Å². The third-order valence-corrected chi connectivity index (χ3v) is 5.36. The molecule has 0 bridgehead atoms. The lowest BCUT2D eigenvalue weighted by Crippen LogP contribution is -2.32. The Morgan fingerprint density at radius 1 is 1.33 bits per heavy atom. The lowest BCUT2D eigenvalue weighted by Gasteiger charge is -2.30. The van der Waals surface area contributed by atoms with E-state index >= 15 is 0 Å². The number of hydrogen-bond acceptors (Lipinski definition) is 6. The molecule has 1 saturated carbocycles. The number of rotatable bonds is 3. The molecule has 0 spiro atoms. The molecule has 1 atom stereocenters. The van der Waals surface area contributed by atoms with Crippen molar-refractivity contribution in [3.05, 3.63) is 45.9 Å². The fraction of sp³-hybridized carbons (Fsp3) is 0.444. The predicted molar refractivity (Wildman–Crippen MR) is 96.7 cm³/mol. The molecule has 4 rings (SSSR count). The van der Waals surface area contributed by atoms with Gasteiger partial charge in [0, 0.05) is 16.3 Å². The highest BCUT2D eigenvalue weighted by atomic mass is 35.5. The number of carbonyl (C=O) groups is 1. The van der Waals surface area contributed by atoms with E-state index in [4.69, 9.17) is 16.3 Å². The van der Waals surface area contributed by atoms with Crippen LogP contribution >= 0.6 is 11.6 Å². The van der Waals surface area contributed by atoms with Gasteiger partial charge >= 0.3 is 5.97 Å². The second kappa shape index (κ2) is 7.26. The fourth-order valence-electron chi connectivity index (χ4n) is 3.71. The number of allylic oxidation sites excluding steroid dienone is 1. The Kier molecular flexibility index (Phi) is 4.82. The lowest BCUT2D eigenvalue weighted by molar-refractivity contribution is -0.146. The Balaban J connectivity index is 1.76. The van der Waals surface area contributed by atoms with Gasteiger partial charge in [0.25, 0.3) is 0 Å². The Morgan fingerprint density at radius 3 is 2.85 bits per heavy atom. The largest absolute Gasteiger partial charge is 0.459 e. The summed E-state index contributed by atoms with van der Waals surface area (Å²) in [4.78, 5) is 13.0. The third kappa shape index (κ3) is 3.29. The minimum absolute atomic E-state index is 0.126. The molecule has 1 aromatic heterocycles. The number of fused-ring (bicyclic) bond motifs is 1. The maximum atomic E-state index is 14.7. The van der Waals surface area contributed by atoms with Crippen molar-refractivity contribution in [3.8, 4) is 0 Å². The van der Waals surface area contributed by atoms with E-state index in [0.717, 1.165) is 32.1 Å². The molecule has 27 heavy (non-hydrogen) atoms. The van der Waals surface area contributed by atoms with Crippen molar-refractivity contribution in [2.24, 2.45) is 0 Å². The molecule has 0 amide bonds. The predicted octanol–water partition coefficient (Wildman–Crippen LogP) is 3.63. The average molecular weight is 392 g/mol. The number of tetrazole rings is 1. The summed E-state index contributed by atoms with van der Waals surface area (Å²) >= 11 is 6.29. The number of hydrogen-bond donors (Lipinski definition) is 1. The maximum Gasteiger partial charge on any atom is 0.338 e. The van der Waals surface area contributed by atoms with Gasteiger partial charge in [0.2, 0.25) is 5.95 Å². The zero-order valence-electron chi connectivity index (χ0n) is 14.8. The summed E-state index contributed by atoms with van der Waals surface area (Å²) in [6, 6.07) is 3.48. The van der Waals surface area contributed by atoms with Crippen molar-refractivity contribution >= 4 is 23.5 Å². The molecule has 142 valence electrons. The van der Waals surface area contributed by atoms with Gasteiger partial charge in [0.15, 0.2) is 0 Å². The highest BCUT2D eigenvalue weighted by molar-refractivity contribution is 6.31. The van der Waals surface area contributed by atoms with Crippen LogP contribution in [0.5, 0.6) is 0 Å². The normalized spacial score (nSPS) is 20.2. The van der Waals surface area contributed by atoms with Gasteiger partial charge in [-0.2, -0.15) is 4.68 Å². The van der Waals surface area contributed by atoms with E-state index in [-0.39, 0.29) is 22.3 Å². The van der Waals surface area contributed by atoms with Crippen LogP contribution in [0.25, 0.3) is 0 Å². The highest BCUT2D eigenvalue weighted by Crippen LogP contribution is 2.39. The van der Waals surface area contributed by atoms with E-state index in [2.05, 4.69) is 20.8 Å². The summed E-state index contributed by atoms with van der Waals surface area (Å²) in [5, 5.41) is 14.6. The molecular formula is C18H19ClFN5O2. The van der Waals surface area contributed by atoms with Gasteiger partial charge in [-0.05, 0) is 55.2 Å². The molecule has 1 N–H and O–H groups in total. The first-order valence-electron chi connectivity index (χ1n) is 8.97. The van der Waals surface area contributed by atoms with Crippen LogP contribution in [0.4, 0.5) is 10.3 Å². The number of ether oxygens (including phenoxy) is 1. The lowest BCUT2D eigenvalue weighted by atomic mass is 9.94. The Bertz CT molecular complexity index is 887. The number of aromatic nitrogens is 4. The first-order chi connectivity index (χ1) is 13.1. The van der Waals surface area contributed by atoms with Crippen molar-refractivity contribution in [3.63, 3.8) is 0 Å². The number of carbonyl (C=O) groups excluding carboxylic acids is 1. The van der Waals surface area contributed by atoms with Crippen LogP contribution in [0, 0.1) is 5.82 Å². The first kappa shape index (κ1) is 17.9. The number of nitrogens with zero attached hydrogens (tertiary/aromatic N) is 4. The van der Waals surface area contributed by atoms with E-state index < -0.39 is 17.8 Å². The molecule has 0 saturated heterocycles. The molecule has 2 aliphatic rings. The third-order valence-electron chi connectivity index (χ3n) is 5.03. The molecule has 1 unspecified atom stereocenters. The Morgan fingerprint density at radius 2 is 2.11 bits per heavy atom. The number of benzene rings is 1. The van der Waals surface area contributed by atoms with Crippen LogP contribution < -0.4 is 5.32 Å². The smallest absolute Gasteiger partial charge is 0.338 e. The molecule has 9 heteroatoms. The standard InChI is InChI=1S/C18H19ClFN5O2/c1-10-14(17(26)27-11-6-3-2-4-7-11)16(25-18(21-10)22-23-24-25)15-12(19)8-5-9-13(15)20/h5,8-9,11,16H,2-4,6-7H2,1H3,(H,21,22,24). The van der Waals surface area contributed by atoms with E-state index in [9.17, 15) is 9.18 Å². The van der Waals surface area contributed by atoms with Crippen LogP contribution in [0.15, 0.2) is 29.5 Å².